The van der Waals surface area contributed by atoms with Gasteiger partial charge < -0.3 is 9.80 Å². The highest BCUT2D eigenvalue weighted by Gasteiger charge is 2.34. The molecule has 7 heteroatoms. The Morgan fingerprint density at radius 2 is 2.21 bits per heavy atom. The van der Waals surface area contributed by atoms with Gasteiger partial charge in [0.1, 0.15) is 11.7 Å². The van der Waals surface area contributed by atoms with Crippen LogP contribution >= 0.6 is 15.9 Å². The molecule has 1 aromatic rings. The summed E-state index contributed by atoms with van der Waals surface area (Å²) >= 11 is 3.22. The van der Waals surface area contributed by atoms with E-state index in [4.69, 9.17) is 0 Å². The van der Waals surface area contributed by atoms with Crippen molar-refractivity contribution in [3.63, 3.8) is 0 Å². The molecule has 0 radical (unpaired) electrons. The summed E-state index contributed by atoms with van der Waals surface area (Å²) in [6, 6.07) is 4.52. The number of hydrogen-bond donors (Lipinski definition) is 0. The van der Waals surface area contributed by atoms with E-state index in [-0.39, 0.29) is 17.6 Å². The van der Waals surface area contributed by atoms with Gasteiger partial charge in [0.05, 0.1) is 4.92 Å². The first-order chi connectivity index (χ1) is 8.91. The largest absolute Gasteiger partial charge is 0.357 e. The van der Waals surface area contributed by atoms with Crippen molar-refractivity contribution in [2.75, 3.05) is 25.5 Å². The summed E-state index contributed by atoms with van der Waals surface area (Å²) in [7, 11) is 3.46. The number of halogens is 1. The van der Waals surface area contributed by atoms with E-state index in [1.807, 2.05) is 0 Å². The molecule has 1 fully saturated rings. The van der Waals surface area contributed by atoms with Crippen LogP contribution in [0.15, 0.2) is 22.7 Å². The average Bonchev–Trinajstić information content (AvgIpc) is 2.69. The summed E-state index contributed by atoms with van der Waals surface area (Å²) in [6.45, 7) is 0.679. The molecule has 6 nitrogen and oxygen atoms in total. The molecule has 2 rings (SSSR count). The lowest BCUT2D eigenvalue weighted by molar-refractivity contribution is -0.384. The first kappa shape index (κ1) is 13.8. The summed E-state index contributed by atoms with van der Waals surface area (Å²) in [6.07, 6.45) is 0.680. The van der Waals surface area contributed by atoms with Crippen molar-refractivity contribution in [1.29, 1.82) is 0 Å². The predicted molar refractivity (Wildman–Crippen MR) is 75.2 cm³/mol. The monoisotopic (exact) mass is 327 g/mol. The molecule has 0 aliphatic carbocycles. The Morgan fingerprint density at radius 1 is 1.53 bits per heavy atom. The Bertz CT molecular complexity index is 535. The summed E-state index contributed by atoms with van der Waals surface area (Å²) in [5, 5.41) is 11.1. The molecule has 0 N–H and O–H groups in total. The molecule has 0 spiro atoms. The Morgan fingerprint density at radius 3 is 2.74 bits per heavy atom. The number of nitro benzene ring substituents is 1. The first-order valence-electron chi connectivity index (χ1n) is 5.83. The van der Waals surface area contributed by atoms with Crippen LogP contribution in [-0.4, -0.2) is 42.4 Å². The fourth-order valence-electron chi connectivity index (χ4n) is 2.27. The van der Waals surface area contributed by atoms with Gasteiger partial charge in [-0.15, -0.1) is 0 Å². The normalized spacial score (nSPS) is 18.8. The van der Waals surface area contributed by atoms with Gasteiger partial charge in [0.15, 0.2) is 0 Å². The maximum atomic E-state index is 12.0. The van der Waals surface area contributed by atoms with Crippen molar-refractivity contribution in [2.24, 2.45) is 0 Å². The maximum absolute atomic E-state index is 12.0. The van der Waals surface area contributed by atoms with Gasteiger partial charge in [-0.1, -0.05) is 15.9 Å². The SMILES string of the molecule is CN1CC[C@@H](N(C)c2ccc(Br)cc2[N+](=O)[O-])C1=O. The van der Waals surface area contributed by atoms with E-state index in [1.165, 1.54) is 6.07 Å². The fourth-order valence-corrected chi connectivity index (χ4v) is 2.62. The maximum Gasteiger partial charge on any atom is 0.293 e. The lowest BCUT2D eigenvalue weighted by atomic mass is 10.1. The van der Waals surface area contributed by atoms with Gasteiger partial charge >= 0.3 is 0 Å². The average molecular weight is 328 g/mol. The lowest BCUT2D eigenvalue weighted by Gasteiger charge is -2.24. The van der Waals surface area contributed by atoms with E-state index in [9.17, 15) is 14.9 Å². The smallest absolute Gasteiger partial charge is 0.293 e. The zero-order valence-corrected chi connectivity index (χ0v) is 12.3. The van der Waals surface area contributed by atoms with Crippen molar-refractivity contribution in [1.82, 2.24) is 4.90 Å². The molecule has 0 aromatic heterocycles. The summed E-state index contributed by atoms with van der Waals surface area (Å²) in [5.41, 5.74) is 0.459. The van der Waals surface area contributed by atoms with E-state index < -0.39 is 4.92 Å². The summed E-state index contributed by atoms with van der Waals surface area (Å²) in [5.74, 6) is -0.000262. The molecule has 1 amide bonds. The Hall–Kier alpha value is -1.63. The molecule has 0 unspecified atom stereocenters. The van der Waals surface area contributed by atoms with E-state index in [0.29, 0.717) is 23.1 Å². The van der Waals surface area contributed by atoms with Crippen molar-refractivity contribution in [3.8, 4) is 0 Å². The molecule has 1 aromatic carbocycles. The topological polar surface area (TPSA) is 66.7 Å². The molecule has 0 saturated carbocycles. The molecule has 1 heterocycles. The number of hydrogen-bond acceptors (Lipinski definition) is 4. The second-order valence-corrected chi connectivity index (χ2v) is 5.48. The molecule has 19 heavy (non-hydrogen) atoms. The molecule has 102 valence electrons. The third-order valence-corrected chi connectivity index (χ3v) is 3.87. The number of nitro groups is 1. The predicted octanol–water partition coefficient (Wildman–Crippen LogP) is 2.02. The minimum atomic E-state index is -0.431. The second-order valence-electron chi connectivity index (χ2n) is 4.57. The van der Waals surface area contributed by atoms with E-state index in [2.05, 4.69) is 15.9 Å². The standard InChI is InChI=1S/C12H14BrN3O3/c1-14-6-5-10(12(14)17)15(2)9-4-3-8(13)7-11(9)16(18)19/h3-4,7,10H,5-6H2,1-2H3/t10-/m1/s1. The van der Waals surface area contributed by atoms with Gasteiger partial charge in [0.2, 0.25) is 5.91 Å². The van der Waals surface area contributed by atoms with Gasteiger partial charge in [-0.3, -0.25) is 14.9 Å². The molecule has 1 aliphatic rings. The van der Waals surface area contributed by atoms with E-state index >= 15 is 0 Å². The van der Waals surface area contributed by atoms with Crippen molar-refractivity contribution < 1.29 is 9.72 Å². The zero-order chi connectivity index (χ0) is 14.2. The van der Waals surface area contributed by atoms with Crippen molar-refractivity contribution in [3.05, 3.63) is 32.8 Å². The highest BCUT2D eigenvalue weighted by atomic mass is 79.9. The second kappa shape index (κ2) is 5.16. The van der Waals surface area contributed by atoms with Crippen molar-refractivity contribution >= 4 is 33.2 Å². The molecule has 1 aliphatic heterocycles. The van der Waals surface area contributed by atoms with Crippen LogP contribution in [0.25, 0.3) is 0 Å². The van der Waals surface area contributed by atoms with Crippen LogP contribution in [0.1, 0.15) is 6.42 Å². The van der Waals surface area contributed by atoms with Crippen LogP contribution in [0.5, 0.6) is 0 Å². The van der Waals surface area contributed by atoms with E-state index in [0.717, 1.165) is 0 Å². The molecule has 1 atom stereocenters. The van der Waals surface area contributed by atoms with Gasteiger partial charge in [-0.2, -0.15) is 0 Å². The third-order valence-electron chi connectivity index (χ3n) is 3.38. The van der Waals surface area contributed by atoms with Gasteiger partial charge in [0, 0.05) is 31.2 Å². The number of rotatable bonds is 3. The Labute approximate surface area is 119 Å². The Balaban J connectivity index is 2.36. The molecule has 1 saturated heterocycles. The van der Waals surface area contributed by atoms with Crippen molar-refractivity contribution in [2.45, 2.75) is 12.5 Å². The zero-order valence-electron chi connectivity index (χ0n) is 10.7. The number of likely N-dealkylation sites (tertiary alicyclic amines) is 1. The molecule has 0 bridgehead atoms. The number of nitrogens with zero attached hydrogens (tertiary/aromatic N) is 3. The Kier molecular flexibility index (Phi) is 3.75. The molecular formula is C12H14BrN3O3. The quantitative estimate of drug-likeness (QED) is 0.629. The van der Waals surface area contributed by atoms with Crippen LogP contribution in [0.2, 0.25) is 0 Å². The number of anilines is 1. The van der Waals surface area contributed by atoms with Gasteiger partial charge in [-0.25, -0.2) is 0 Å². The van der Waals surface area contributed by atoms with Crippen LogP contribution < -0.4 is 4.90 Å². The lowest BCUT2D eigenvalue weighted by Crippen LogP contribution is -2.38. The fraction of sp³-hybridized carbons (Fsp3) is 0.417. The highest BCUT2D eigenvalue weighted by Crippen LogP contribution is 2.33. The number of carbonyl (C=O) groups is 1. The van der Waals surface area contributed by atoms with Crippen LogP contribution in [0.4, 0.5) is 11.4 Å². The third kappa shape index (κ3) is 2.56. The number of benzene rings is 1. The molecular weight excluding hydrogens is 314 g/mol. The number of amides is 1. The van der Waals surface area contributed by atoms with Gasteiger partial charge in [-0.05, 0) is 18.6 Å². The summed E-state index contributed by atoms with van der Waals surface area (Å²) < 4.78 is 0.645. The van der Waals surface area contributed by atoms with Crippen LogP contribution in [-0.2, 0) is 4.79 Å². The number of carbonyl (C=O) groups excluding carboxylic acids is 1. The first-order valence-corrected chi connectivity index (χ1v) is 6.63. The number of likely N-dealkylation sites (N-methyl/N-ethyl adjacent to an activating group) is 2. The van der Waals surface area contributed by atoms with Gasteiger partial charge in [0.25, 0.3) is 5.69 Å². The van der Waals surface area contributed by atoms with Crippen LogP contribution in [0.3, 0.4) is 0 Å². The van der Waals surface area contributed by atoms with Crippen LogP contribution in [0, 0.1) is 10.1 Å². The van der Waals surface area contributed by atoms with E-state index in [1.54, 1.807) is 36.0 Å². The minimum absolute atomic E-state index is 0.000262. The summed E-state index contributed by atoms with van der Waals surface area (Å²) in [4.78, 5) is 26.0. The minimum Gasteiger partial charge on any atom is -0.357 e. The highest BCUT2D eigenvalue weighted by molar-refractivity contribution is 9.10.